The summed E-state index contributed by atoms with van der Waals surface area (Å²) in [4.78, 5) is 13.3. The molecule has 0 atom stereocenters. The van der Waals surface area contributed by atoms with Gasteiger partial charge in [-0.2, -0.15) is 0 Å². The molecule has 4 rings (SSSR count). The molecule has 29 heavy (non-hydrogen) atoms. The number of benzene rings is 3. The topological polar surface area (TPSA) is 48.7 Å². The van der Waals surface area contributed by atoms with Crippen LogP contribution in [0.1, 0.15) is 16.7 Å². The summed E-state index contributed by atoms with van der Waals surface area (Å²) in [7, 11) is 1.62. The van der Waals surface area contributed by atoms with E-state index in [1.807, 2.05) is 80.6 Å². The SMILES string of the molecule is COc1ccc(-c2oc3cc(C)c(C)cc3c(=O)c2OCc2ccccc2)cc1. The van der Waals surface area contributed by atoms with E-state index in [0.717, 1.165) is 28.0 Å². The lowest BCUT2D eigenvalue weighted by Gasteiger charge is -2.13. The van der Waals surface area contributed by atoms with Gasteiger partial charge in [0, 0.05) is 5.56 Å². The highest BCUT2D eigenvalue weighted by Gasteiger charge is 2.19. The van der Waals surface area contributed by atoms with Crippen molar-refractivity contribution >= 4 is 11.0 Å². The molecule has 0 aliphatic carbocycles. The van der Waals surface area contributed by atoms with Crippen molar-refractivity contribution in [3.8, 4) is 22.8 Å². The van der Waals surface area contributed by atoms with Crippen molar-refractivity contribution in [3.05, 3.63) is 93.6 Å². The van der Waals surface area contributed by atoms with Crippen LogP contribution >= 0.6 is 0 Å². The van der Waals surface area contributed by atoms with E-state index < -0.39 is 0 Å². The molecule has 0 aliphatic rings. The maximum absolute atomic E-state index is 13.3. The number of rotatable bonds is 5. The second-order valence-electron chi connectivity index (χ2n) is 7.02. The lowest BCUT2D eigenvalue weighted by molar-refractivity contribution is 0.298. The molecule has 0 unspecified atom stereocenters. The number of ether oxygens (including phenoxy) is 2. The Balaban J connectivity index is 1.87. The van der Waals surface area contributed by atoms with Crippen LogP contribution in [-0.4, -0.2) is 7.11 Å². The Bertz CT molecular complexity index is 1210. The Morgan fingerprint density at radius 1 is 0.897 bits per heavy atom. The van der Waals surface area contributed by atoms with Crippen molar-refractivity contribution in [2.75, 3.05) is 7.11 Å². The predicted molar refractivity (Wildman–Crippen MR) is 115 cm³/mol. The first kappa shape index (κ1) is 18.8. The van der Waals surface area contributed by atoms with Gasteiger partial charge in [0.15, 0.2) is 5.76 Å². The van der Waals surface area contributed by atoms with Crippen LogP contribution in [0.3, 0.4) is 0 Å². The standard InChI is InChI=1S/C25H22O4/c1-16-13-21-22(14-17(16)2)29-24(19-9-11-20(27-3)12-10-19)25(23(21)26)28-15-18-7-5-4-6-8-18/h4-14H,15H2,1-3H3. The predicted octanol–water partition coefficient (Wildman–Crippen LogP) is 5.66. The Morgan fingerprint density at radius 2 is 1.59 bits per heavy atom. The molecule has 146 valence electrons. The van der Waals surface area contributed by atoms with E-state index in [0.29, 0.717) is 16.7 Å². The van der Waals surface area contributed by atoms with E-state index in [9.17, 15) is 4.79 Å². The Hall–Kier alpha value is -3.53. The quantitative estimate of drug-likeness (QED) is 0.444. The molecule has 0 amide bonds. The van der Waals surface area contributed by atoms with Gasteiger partial charge in [0.05, 0.1) is 12.5 Å². The zero-order chi connectivity index (χ0) is 20.4. The van der Waals surface area contributed by atoms with Crippen molar-refractivity contribution in [2.24, 2.45) is 0 Å². The Labute approximate surface area is 169 Å². The minimum absolute atomic E-state index is 0.170. The molecule has 0 spiro atoms. The third kappa shape index (κ3) is 3.74. The normalized spacial score (nSPS) is 10.9. The third-order valence-corrected chi connectivity index (χ3v) is 5.04. The zero-order valence-electron chi connectivity index (χ0n) is 16.7. The largest absolute Gasteiger partial charge is 0.497 e. The third-order valence-electron chi connectivity index (χ3n) is 5.04. The summed E-state index contributed by atoms with van der Waals surface area (Å²) in [6, 6.07) is 20.9. The van der Waals surface area contributed by atoms with Crippen molar-refractivity contribution in [3.63, 3.8) is 0 Å². The highest BCUT2D eigenvalue weighted by atomic mass is 16.5. The summed E-state index contributed by atoms with van der Waals surface area (Å²) in [6.45, 7) is 4.27. The first-order chi connectivity index (χ1) is 14.1. The molecule has 0 radical (unpaired) electrons. The highest BCUT2D eigenvalue weighted by molar-refractivity contribution is 5.83. The number of hydrogen-bond donors (Lipinski definition) is 0. The molecule has 1 heterocycles. The molecular formula is C25H22O4. The first-order valence-corrected chi connectivity index (χ1v) is 9.46. The van der Waals surface area contributed by atoms with Gasteiger partial charge >= 0.3 is 0 Å². The Kier molecular flexibility index (Phi) is 5.09. The number of hydrogen-bond acceptors (Lipinski definition) is 4. The van der Waals surface area contributed by atoms with Crippen molar-refractivity contribution in [1.29, 1.82) is 0 Å². The Morgan fingerprint density at radius 3 is 2.28 bits per heavy atom. The van der Waals surface area contributed by atoms with Gasteiger partial charge in [-0.25, -0.2) is 0 Å². The lowest BCUT2D eigenvalue weighted by Crippen LogP contribution is -2.10. The molecule has 4 heteroatoms. The summed E-state index contributed by atoms with van der Waals surface area (Å²) < 4.78 is 17.4. The average molecular weight is 386 g/mol. The minimum Gasteiger partial charge on any atom is -0.497 e. The van der Waals surface area contributed by atoms with Gasteiger partial charge in [0.1, 0.15) is 17.9 Å². The second kappa shape index (κ2) is 7.84. The van der Waals surface area contributed by atoms with Crippen molar-refractivity contribution in [2.45, 2.75) is 20.5 Å². The molecule has 3 aromatic carbocycles. The van der Waals surface area contributed by atoms with E-state index in [1.54, 1.807) is 7.11 Å². The van der Waals surface area contributed by atoms with Crippen molar-refractivity contribution < 1.29 is 13.9 Å². The molecule has 0 saturated carbocycles. The molecule has 0 aliphatic heterocycles. The highest BCUT2D eigenvalue weighted by Crippen LogP contribution is 2.33. The molecule has 4 aromatic rings. The minimum atomic E-state index is -0.170. The smallest absolute Gasteiger partial charge is 0.235 e. The van der Waals surface area contributed by atoms with Crippen LogP contribution in [-0.2, 0) is 6.61 Å². The van der Waals surface area contributed by atoms with Crippen LogP contribution in [0.25, 0.3) is 22.3 Å². The van der Waals surface area contributed by atoms with Gasteiger partial charge in [-0.15, -0.1) is 0 Å². The second-order valence-corrected chi connectivity index (χ2v) is 7.02. The van der Waals surface area contributed by atoms with Gasteiger partial charge in [-0.05, 0) is 66.9 Å². The fourth-order valence-electron chi connectivity index (χ4n) is 3.23. The van der Waals surface area contributed by atoms with Crippen LogP contribution in [0.4, 0.5) is 0 Å². The van der Waals surface area contributed by atoms with Gasteiger partial charge in [0.25, 0.3) is 0 Å². The van der Waals surface area contributed by atoms with Crippen LogP contribution < -0.4 is 14.9 Å². The fraction of sp³-hybridized carbons (Fsp3) is 0.160. The molecule has 0 bridgehead atoms. The molecule has 0 N–H and O–H groups in total. The lowest BCUT2D eigenvalue weighted by atomic mass is 10.0. The monoisotopic (exact) mass is 386 g/mol. The number of aryl methyl sites for hydroxylation is 2. The van der Waals surface area contributed by atoms with Gasteiger partial charge < -0.3 is 13.9 Å². The van der Waals surface area contributed by atoms with Gasteiger partial charge in [-0.3, -0.25) is 4.79 Å². The summed E-state index contributed by atoms with van der Waals surface area (Å²) in [5, 5.41) is 0.522. The summed E-state index contributed by atoms with van der Waals surface area (Å²) in [6.07, 6.45) is 0. The van der Waals surface area contributed by atoms with Crippen molar-refractivity contribution in [1.82, 2.24) is 0 Å². The fourth-order valence-corrected chi connectivity index (χ4v) is 3.23. The summed E-state index contributed by atoms with van der Waals surface area (Å²) in [5.74, 6) is 1.37. The molecule has 4 nitrogen and oxygen atoms in total. The van der Waals surface area contributed by atoms with E-state index >= 15 is 0 Å². The molecular weight excluding hydrogens is 364 g/mol. The van der Waals surface area contributed by atoms with E-state index in [-0.39, 0.29) is 17.8 Å². The average Bonchev–Trinajstić information content (AvgIpc) is 2.75. The summed E-state index contributed by atoms with van der Waals surface area (Å²) >= 11 is 0. The summed E-state index contributed by atoms with van der Waals surface area (Å²) in [5.41, 5.74) is 4.22. The van der Waals surface area contributed by atoms with Gasteiger partial charge in [-0.1, -0.05) is 30.3 Å². The molecule has 0 saturated heterocycles. The number of methoxy groups -OCH3 is 1. The van der Waals surface area contributed by atoms with E-state index in [1.165, 1.54) is 0 Å². The van der Waals surface area contributed by atoms with E-state index in [4.69, 9.17) is 13.9 Å². The van der Waals surface area contributed by atoms with Crippen LogP contribution in [0.5, 0.6) is 11.5 Å². The van der Waals surface area contributed by atoms with E-state index in [2.05, 4.69) is 0 Å². The molecule has 0 fully saturated rings. The zero-order valence-corrected chi connectivity index (χ0v) is 16.7. The first-order valence-electron chi connectivity index (χ1n) is 9.46. The van der Waals surface area contributed by atoms with Gasteiger partial charge in [0.2, 0.25) is 11.2 Å². The maximum atomic E-state index is 13.3. The van der Waals surface area contributed by atoms with Crippen LogP contribution in [0.2, 0.25) is 0 Å². The van der Waals surface area contributed by atoms with Crippen LogP contribution in [0.15, 0.2) is 75.9 Å². The molecule has 1 aromatic heterocycles. The number of fused-ring (bicyclic) bond motifs is 1. The maximum Gasteiger partial charge on any atom is 0.235 e. The van der Waals surface area contributed by atoms with Crippen LogP contribution in [0, 0.1) is 13.8 Å².